The summed E-state index contributed by atoms with van der Waals surface area (Å²) in [6.45, 7) is 0.261. The van der Waals surface area contributed by atoms with E-state index in [4.69, 9.17) is 0 Å². The molecule has 0 bridgehead atoms. The molecule has 7 nitrogen and oxygen atoms in total. The minimum atomic E-state index is -1.06. The number of imidazole rings is 1. The van der Waals surface area contributed by atoms with E-state index < -0.39 is 23.6 Å². The first-order valence-electron chi connectivity index (χ1n) is 9.93. The predicted octanol–water partition coefficient (Wildman–Crippen LogP) is 3.83. The lowest BCUT2D eigenvalue weighted by molar-refractivity contribution is -0.124. The lowest BCUT2D eigenvalue weighted by Crippen LogP contribution is -2.31. The van der Waals surface area contributed by atoms with Crippen molar-refractivity contribution in [2.45, 2.75) is 19.0 Å². The monoisotopic (exact) mass is 433 g/mol. The van der Waals surface area contributed by atoms with Gasteiger partial charge in [-0.3, -0.25) is 24.0 Å². The van der Waals surface area contributed by atoms with E-state index in [0.29, 0.717) is 11.5 Å². The highest BCUT2D eigenvalue weighted by molar-refractivity contribution is 6.05. The molecule has 9 heteroatoms. The van der Waals surface area contributed by atoms with Gasteiger partial charge in [0.05, 0.1) is 24.0 Å². The van der Waals surface area contributed by atoms with Crippen molar-refractivity contribution in [2.24, 2.45) is 0 Å². The first-order valence-corrected chi connectivity index (χ1v) is 9.93. The van der Waals surface area contributed by atoms with Crippen LogP contribution in [0, 0.1) is 11.6 Å². The van der Waals surface area contributed by atoms with Gasteiger partial charge in [-0.1, -0.05) is 18.2 Å². The van der Waals surface area contributed by atoms with E-state index in [9.17, 15) is 18.4 Å². The van der Waals surface area contributed by atoms with E-state index in [1.54, 1.807) is 23.0 Å². The number of anilines is 2. The van der Waals surface area contributed by atoms with Crippen molar-refractivity contribution in [3.8, 4) is 0 Å². The third-order valence-corrected chi connectivity index (χ3v) is 5.33. The number of benzene rings is 2. The first kappa shape index (κ1) is 19.8. The Morgan fingerprint density at radius 3 is 2.69 bits per heavy atom. The van der Waals surface area contributed by atoms with E-state index in [2.05, 4.69) is 15.3 Å². The number of hydrogen-bond donors (Lipinski definition) is 1. The molecule has 160 valence electrons. The summed E-state index contributed by atoms with van der Waals surface area (Å²) in [5.74, 6) is -2.39. The summed E-state index contributed by atoms with van der Waals surface area (Å²) in [5, 5.41) is 2.53. The zero-order chi connectivity index (χ0) is 22.2. The van der Waals surface area contributed by atoms with E-state index in [-0.39, 0.29) is 24.6 Å². The number of pyridine rings is 1. The van der Waals surface area contributed by atoms with Gasteiger partial charge in [-0.05, 0) is 35.9 Å². The number of fused-ring (bicyclic) bond motifs is 3. The number of halogens is 2. The summed E-state index contributed by atoms with van der Waals surface area (Å²) in [7, 11) is 0. The van der Waals surface area contributed by atoms with Gasteiger partial charge in [-0.25, -0.2) is 13.8 Å². The topological polar surface area (TPSA) is 80.1 Å². The van der Waals surface area contributed by atoms with Crippen LogP contribution in [-0.2, 0) is 16.1 Å². The fraction of sp³-hybridized carbons (Fsp3) is 0.130. The standard InChI is InChI=1S/C23H17F2N5O2/c24-16-8-7-15(10-17(16)25)27-21(31)11-20-22(32)29(13-14-4-3-9-26-12-14)23-28-18-5-1-2-6-19(18)30(20)23/h1-10,12,20H,11,13H2,(H,27,31)/t20-/m0/s1. The maximum absolute atomic E-state index is 13.5. The largest absolute Gasteiger partial charge is 0.326 e. The number of rotatable bonds is 5. The van der Waals surface area contributed by atoms with Crippen LogP contribution in [0.2, 0.25) is 0 Å². The lowest BCUT2D eigenvalue weighted by Gasteiger charge is -2.16. The molecule has 3 heterocycles. The molecule has 1 aliphatic heterocycles. The van der Waals surface area contributed by atoms with Crippen molar-refractivity contribution in [3.05, 3.63) is 84.2 Å². The normalized spacial score (nSPS) is 15.2. The summed E-state index contributed by atoms with van der Waals surface area (Å²) in [4.78, 5) is 36.2. The lowest BCUT2D eigenvalue weighted by atomic mass is 10.1. The van der Waals surface area contributed by atoms with Crippen molar-refractivity contribution in [3.63, 3.8) is 0 Å². The first-order chi connectivity index (χ1) is 15.5. The second kappa shape index (κ2) is 7.84. The highest BCUT2D eigenvalue weighted by Crippen LogP contribution is 2.37. The van der Waals surface area contributed by atoms with Crippen LogP contribution >= 0.6 is 0 Å². The molecule has 2 amide bonds. The number of carbonyl (C=O) groups is 2. The Hall–Kier alpha value is -4.14. The molecule has 0 fully saturated rings. The fourth-order valence-corrected chi connectivity index (χ4v) is 3.88. The zero-order valence-electron chi connectivity index (χ0n) is 16.7. The molecule has 1 N–H and O–H groups in total. The number of amides is 2. The molecular formula is C23H17F2N5O2. The van der Waals surface area contributed by atoms with Crippen LogP contribution in [0.15, 0.2) is 67.0 Å². The van der Waals surface area contributed by atoms with Crippen molar-refractivity contribution in [2.75, 3.05) is 10.2 Å². The summed E-state index contributed by atoms with van der Waals surface area (Å²) in [6, 6.07) is 13.3. The summed E-state index contributed by atoms with van der Waals surface area (Å²) >= 11 is 0. The minimum absolute atomic E-state index is 0.113. The van der Waals surface area contributed by atoms with E-state index >= 15 is 0 Å². The van der Waals surface area contributed by atoms with E-state index in [1.807, 2.05) is 30.3 Å². The van der Waals surface area contributed by atoms with Crippen molar-refractivity contribution in [1.82, 2.24) is 14.5 Å². The molecular weight excluding hydrogens is 416 g/mol. The van der Waals surface area contributed by atoms with Gasteiger partial charge >= 0.3 is 0 Å². The van der Waals surface area contributed by atoms with E-state index in [0.717, 1.165) is 23.2 Å². The molecule has 4 aromatic rings. The fourth-order valence-electron chi connectivity index (χ4n) is 3.88. The maximum Gasteiger partial charge on any atom is 0.253 e. The summed E-state index contributed by atoms with van der Waals surface area (Å²) < 4.78 is 28.4. The molecule has 0 unspecified atom stereocenters. The smallest absolute Gasteiger partial charge is 0.253 e. The van der Waals surface area contributed by atoms with Gasteiger partial charge in [0.15, 0.2) is 11.6 Å². The molecule has 0 spiro atoms. The molecule has 2 aromatic carbocycles. The van der Waals surface area contributed by atoms with E-state index in [1.165, 1.54) is 11.0 Å². The molecule has 0 saturated carbocycles. The molecule has 0 radical (unpaired) electrons. The Bertz CT molecular complexity index is 1340. The SMILES string of the molecule is O=C(C[C@H]1C(=O)N(Cc2cccnc2)c2nc3ccccc3n21)Nc1ccc(F)c(F)c1. The predicted molar refractivity (Wildman–Crippen MR) is 114 cm³/mol. The molecule has 0 saturated heterocycles. The third kappa shape index (κ3) is 3.47. The van der Waals surface area contributed by atoms with Gasteiger partial charge in [0.1, 0.15) is 6.04 Å². The highest BCUT2D eigenvalue weighted by Gasteiger charge is 2.40. The van der Waals surface area contributed by atoms with Gasteiger partial charge in [-0.15, -0.1) is 0 Å². The van der Waals surface area contributed by atoms with Crippen LogP contribution < -0.4 is 10.2 Å². The maximum atomic E-state index is 13.5. The Labute approximate surface area is 181 Å². The molecule has 2 aromatic heterocycles. The van der Waals surface area contributed by atoms with Gasteiger partial charge in [0.2, 0.25) is 11.9 Å². The number of carbonyl (C=O) groups excluding carboxylic acids is 2. The molecule has 0 aliphatic carbocycles. The molecule has 32 heavy (non-hydrogen) atoms. The second-order valence-electron chi connectivity index (χ2n) is 7.45. The molecule has 1 atom stereocenters. The van der Waals surface area contributed by atoms with Crippen LogP contribution in [0.1, 0.15) is 18.0 Å². The Morgan fingerprint density at radius 1 is 1.06 bits per heavy atom. The average molecular weight is 433 g/mol. The number of nitrogens with one attached hydrogen (secondary N) is 1. The number of para-hydroxylation sites is 2. The molecule has 1 aliphatic rings. The van der Waals surface area contributed by atoms with Crippen LogP contribution in [0.25, 0.3) is 11.0 Å². The Balaban J connectivity index is 1.46. The summed E-state index contributed by atoms with van der Waals surface area (Å²) in [6.07, 6.45) is 3.13. The van der Waals surface area contributed by atoms with Crippen LogP contribution in [0.4, 0.5) is 20.4 Å². The Morgan fingerprint density at radius 2 is 1.91 bits per heavy atom. The third-order valence-electron chi connectivity index (χ3n) is 5.33. The van der Waals surface area contributed by atoms with Crippen molar-refractivity contribution >= 4 is 34.5 Å². The molecule has 5 rings (SSSR count). The average Bonchev–Trinajstić information content (AvgIpc) is 3.28. The zero-order valence-corrected chi connectivity index (χ0v) is 16.7. The van der Waals surface area contributed by atoms with Gasteiger partial charge < -0.3 is 5.32 Å². The summed E-state index contributed by atoms with van der Waals surface area (Å²) in [5.41, 5.74) is 2.38. The number of nitrogens with zero attached hydrogens (tertiary/aromatic N) is 4. The van der Waals surface area contributed by atoms with Crippen LogP contribution in [0.3, 0.4) is 0 Å². The van der Waals surface area contributed by atoms with Crippen LogP contribution in [0.5, 0.6) is 0 Å². The quantitative estimate of drug-likeness (QED) is 0.519. The van der Waals surface area contributed by atoms with Gasteiger partial charge in [-0.2, -0.15) is 0 Å². The Kier molecular flexibility index (Phi) is 4.85. The number of aromatic nitrogens is 3. The van der Waals surface area contributed by atoms with Gasteiger partial charge in [0, 0.05) is 24.1 Å². The van der Waals surface area contributed by atoms with Crippen molar-refractivity contribution < 1.29 is 18.4 Å². The van der Waals surface area contributed by atoms with Crippen LogP contribution in [-0.4, -0.2) is 26.3 Å². The second-order valence-corrected chi connectivity index (χ2v) is 7.45. The van der Waals surface area contributed by atoms with Crippen molar-refractivity contribution in [1.29, 1.82) is 0 Å². The highest BCUT2D eigenvalue weighted by atomic mass is 19.2. The van der Waals surface area contributed by atoms with Gasteiger partial charge in [0.25, 0.3) is 5.91 Å². The minimum Gasteiger partial charge on any atom is -0.326 e. The number of hydrogen-bond acceptors (Lipinski definition) is 4.